The predicted molar refractivity (Wildman–Crippen MR) is 172 cm³/mol. The van der Waals surface area contributed by atoms with E-state index < -0.39 is 11.9 Å². The quantitative estimate of drug-likeness (QED) is 0.248. The van der Waals surface area contributed by atoms with Crippen LogP contribution in [0.2, 0.25) is 5.02 Å². The van der Waals surface area contributed by atoms with Crippen LogP contribution in [0.5, 0.6) is 5.75 Å². The number of thiazole rings is 1. The maximum Gasteiger partial charge on any atom is 0.271 e. The van der Waals surface area contributed by atoms with Crippen molar-refractivity contribution < 1.29 is 13.9 Å². The molecule has 10 heteroatoms. The summed E-state index contributed by atoms with van der Waals surface area (Å²) < 4.78 is 23.2. The van der Waals surface area contributed by atoms with E-state index in [2.05, 4.69) is 5.32 Å². The monoisotopic (exact) mass is 626 g/mol. The van der Waals surface area contributed by atoms with E-state index in [0.29, 0.717) is 32.0 Å². The Kier molecular flexibility index (Phi) is 7.84. The summed E-state index contributed by atoms with van der Waals surface area (Å²) in [7, 11) is 1.59. The number of ether oxygens (including phenoxy) is 1. The van der Waals surface area contributed by atoms with Gasteiger partial charge in [-0.3, -0.25) is 14.2 Å². The molecule has 1 aliphatic heterocycles. The highest BCUT2D eigenvalue weighted by molar-refractivity contribution is 7.07. The summed E-state index contributed by atoms with van der Waals surface area (Å²) in [6.45, 7) is 5.66. The lowest BCUT2D eigenvalue weighted by molar-refractivity contribution is -0.113. The molecule has 222 valence electrons. The van der Waals surface area contributed by atoms with Crippen LogP contribution in [0, 0.1) is 19.7 Å². The van der Waals surface area contributed by atoms with Crippen molar-refractivity contribution in [3.8, 4) is 11.4 Å². The average molecular weight is 627 g/mol. The smallest absolute Gasteiger partial charge is 0.271 e. The van der Waals surface area contributed by atoms with Crippen molar-refractivity contribution >= 4 is 40.6 Å². The van der Waals surface area contributed by atoms with Crippen LogP contribution in [0.1, 0.15) is 35.5 Å². The molecule has 0 fully saturated rings. The van der Waals surface area contributed by atoms with Crippen LogP contribution in [0.15, 0.2) is 99.9 Å². The molecule has 7 nitrogen and oxygen atoms in total. The molecule has 0 saturated carbocycles. The second-order valence-corrected chi connectivity index (χ2v) is 11.9. The molecule has 0 saturated heterocycles. The van der Waals surface area contributed by atoms with Gasteiger partial charge in [0.2, 0.25) is 0 Å². The predicted octanol–water partition coefficient (Wildman–Crippen LogP) is 6.08. The Morgan fingerprint density at radius 3 is 2.45 bits per heavy atom. The third-order valence-electron chi connectivity index (χ3n) is 7.65. The Balaban J connectivity index is 1.49. The standard InChI is InChI=1S/C34H28ClFN4O3S/c1-19-16-23(21(3)39(19)25-12-15-28(36)27(35)18-25)17-29-33(42)40-31(22-10-13-26(43-4)14-11-22)30(20(2)37-34(40)44-29)32(41)38-24-8-6-5-7-9-24/h5-18,31H,1-4H3,(H,38,41)/b29-17+/t31-/m0/s1. The largest absolute Gasteiger partial charge is 0.497 e. The number of para-hydroxylation sites is 1. The number of aryl methyl sites for hydroxylation is 1. The Labute approximate surface area is 261 Å². The van der Waals surface area contributed by atoms with Crippen molar-refractivity contribution in [3.63, 3.8) is 0 Å². The fourth-order valence-electron chi connectivity index (χ4n) is 5.53. The van der Waals surface area contributed by atoms with Gasteiger partial charge in [0.05, 0.1) is 34.0 Å². The van der Waals surface area contributed by atoms with Gasteiger partial charge in [0, 0.05) is 22.8 Å². The molecule has 1 aliphatic rings. The van der Waals surface area contributed by atoms with Gasteiger partial charge in [-0.2, -0.15) is 0 Å². The molecule has 0 radical (unpaired) electrons. The first-order valence-electron chi connectivity index (χ1n) is 13.8. The summed E-state index contributed by atoms with van der Waals surface area (Å²) in [5, 5.41) is 3.00. The Morgan fingerprint density at radius 1 is 1.05 bits per heavy atom. The molecule has 1 atom stereocenters. The minimum atomic E-state index is -0.711. The zero-order valence-electron chi connectivity index (χ0n) is 24.4. The van der Waals surface area contributed by atoms with Gasteiger partial charge < -0.3 is 14.6 Å². The second-order valence-electron chi connectivity index (χ2n) is 10.4. The number of fused-ring (bicyclic) bond motifs is 1. The van der Waals surface area contributed by atoms with Crippen LogP contribution < -0.4 is 24.9 Å². The number of hydrogen-bond acceptors (Lipinski definition) is 5. The topological polar surface area (TPSA) is 77.6 Å². The number of nitrogens with zero attached hydrogens (tertiary/aromatic N) is 3. The van der Waals surface area contributed by atoms with Crippen LogP contribution >= 0.6 is 22.9 Å². The van der Waals surface area contributed by atoms with Crippen molar-refractivity contribution in [2.24, 2.45) is 4.99 Å². The average Bonchev–Trinajstić information content (AvgIpc) is 3.47. The van der Waals surface area contributed by atoms with Gasteiger partial charge in [-0.1, -0.05) is 53.3 Å². The normalized spacial score (nSPS) is 14.8. The lowest BCUT2D eigenvalue weighted by Crippen LogP contribution is -2.40. The van der Waals surface area contributed by atoms with Gasteiger partial charge >= 0.3 is 0 Å². The second kappa shape index (κ2) is 11.7. The van der Waals surface area contributed by atoms with E-state index in [4.69, 9.17) is 21.3 Å². The summed E-state index contributed by atoms with van der Waals surface area (Å²) in [4.78, 5) is 33.1. The number of amides is 1. The molecule has 2 aromatic heterocycles. The van der Waals surface area contributed by atoms with Gasteiger partial charge in [-0.05, 0) is 86.5 Å². The molecule has 44 heavy (non-hydrogen) atoms. The lowest BCUT2D eigenvalue weighted by atomic mass is 9.95. The summed E-state index contributed by atoms with van der Waals surface area (Å²) in [6.07, 6.45) is 1.84. The Bertz CT molecular complexity index is 2130. The zero-order valence-corrected chi connectivity index (χ0v) is 26.0. The Morgan fingerprint density at radius 2 is 1.77 bits per heavy atom. The van der Waals surface area contributed by atoms with Crippen LogP contribution in [-0.2, 0) is 4.79 Å². The van der Waals surface area contributed by atoms with Crippen molar-refractivity contribution in [2.75, 3.05) is 12.4 Å². The molecule has 1 N–H and O–H groups in total. The van der Waals surface area contributed by atoms with E-state index in [9.17, 15) is 14.0 Å². The minimum absolute atomic E-state index is 0.0332. The molecule has 0 spiro atoms. The molecule has 0 unspecified atom stereocenters. The number of hydrogen-bond donors (Lipinski definition) is 1. The van der Waals surface area contributed by atoms with Crippen LogP contribution in [0.25, 0.3) is 11.8 Å². The number of aromatic nitrogens is 2. The maximum atomic E-state index is 14.2. The van der Waals surface area contributed by atoms with Gasteiger partial charge in [-0.25, -0.2) is 9.38 Å². The number of nitrogens with one attached hydrogen (secondary N) is 1. The summed E-state index contributed by atoms with van der Waals surface area (Å²) in [5.74, 6) is -0.165. The van der Waals surface area contributed by atoms with Crippen molar-refractivity contribution in [2.45, 2.75) is 26.8 Å². The molecule has 3 aromatic carbocycles. The molecule has 0 aliphatic carbocycles. The van der Waals surface area contributed by atoms with Crippen molar-refractivity contribution in [3.05, 3.63) is 143 Å². The van der Waals surface area contributed by atoms with Crippen molar-refractivity contribution in [1.29, 1.82) is 0 Å². The number of benzene rings is 3. The van der Waals surface area contributed by atoms with E-state index in [1.807, 2.05) is 85.2 Å². The lowest BCUT2D eigenvalue weighted by Gasteiger charge is -2.25. The number of allylic oxidation sites excluding steroid dienone is 1. The van der Waals surface area contributed by atoms with Crippen LogP contribution in [0.4, 0.5) is 10.1 Å². The van der Waals surface area contributed by atoms with E-state index in [1.165, 1.54) is 17.4 Å². The van der Waals surface area contributed by atoms with Gasteiger partial charge in [-0.15, -0.1) is 0 Å². The van der Waals surface area contributed by atoms with Crippen molar-refractivity contribution in [1.82, 2.24) is 9.13 Å². The molecular formula is C34H28ClFN4O3S. The van der Waals surface area contributed by atoms with E-state index >= 15 is 0 Å². The van der Waals surface area contributed by atoms with Crippen LogP contribution in [0.3, 0.4) is 0 Å². The van der Waals surface area contributed by atoms with E-state index in [-0.39, 0.29) is 16.5 Å². The van der Waals surface area contributed by atoms with Gasteiger partial charge in [0.25, 0.3) is 11.5 Å². The maximum absolute atomic E-state index is 14.2. The third kappa shape index (κ3) is 5.29. The highest BCUT2D eigenvalue weighted by Gasteiger charge is 2.32. The van der Waals surface area contributed by atoms with E-state index in [1.54, 1.807) is 30.7 Å². The first-order chi connectivity index (χ1) is 21.2. The number of carbonyl (C=O) groups excluding carboxylic acids is 1. The number of halogens is 2. The van der Waals surface area contributed by atoms with Gasteiger partial charge in [0.1, 0.15) is 11.6 Å². The molecular weight excluding hydrogens is 599 g/mol. The number of methoxy groups -OCH3 is 1. The van der Waals surface area contributed by atoms with Crippen LogP contribution in [-0.4, -0.2) is 22.2 Å². The third-order valence-corrected chi connectivity index (χ3v) is 8.92. The molecule has 6 rings (SSSR count). The zero-order chi connectivity index (χ0) is 31.1. The fourth-order valence-corrected chi connectivity index (χ4v) is 6.74. The summed E-state index contributed by atoms with van der Waals surface area (Å²) in [5.41, 5.74) is 5.34. The molecule has 1 amide bonds. The number of rotatable bonds is 6. The van der Waals surface area contributed by atoms with E-state index in [0.717, 1.165) is 28.2 Å². The first kappa shape index (κ1) is 29.3. The summed E-state index contributed by atoms with van der Waals surface area (Å²) in [6, 6.07) is 22.3. The Hall–Kier alpha value is -4.73. The fraction of sp³-hybridized carbons (Fsp3) is 0.147. The highest BCUT2D eigenvalue weighted by Crippen LogP contribution is 2.32. The van der Waals surface area contributed by atoms with Gasteiger partial charge in [0.15, 0.2) is 4.80 Å². The highest BCUT2D eigenvalue weighted by atomic mass is 35.5. The molecule has 3 heterocycles. The molecule has 0 bridgehead atoms. The number of carbonyl (C=O) groups is 1. The number of anilines is 1. The first-order valence-corrected chi connectivity index (χ1v) is 15.0. The summed E-state index contributed by atoms with van der Waals surface area (Å²) >= 11 is 7.33. The molecule has 5 aromatic rings. The minimum Gasteiger partial charge on any atom is -0.497 e. The SMILES string of the molecule is COc1ccc([C@H]2C(C(=O)Nc3ccccc3)=C(C)N=c3s/c(=C/c4cc(C)n(-c5ccc(F)c(Cl)c5)c4C)c(=O)n32)cc1.